The van der Waals surface area contributed by atoms with E-state index in [1.54, 1.807) is 0 Å². The van der Waals surface area contributed by atoms with Crippen molar-refractivity contribution in [2.75, 3.05) is 33.3 Å². The molecule has 2 saturated heterocycles. The molecule has 0 spiro atoms. The van der Waals surface area contributed by atoms with Gasteiger partial charge in [-0.05, 0) is 38.4 Å². The molecule has 0 bridgehead atoms. The molecule has 0 aliphatic carbocycles. The van der Waals surface area contributed by atoms with E-state index >= 15 is 0 Å². The van der Waals surface area contributed by atoms with Crippen LogP contribution >= 0.6 is 0 Å². The van der Waals surface area contributed by atoms with Crippen LogP contribution in [0.2, 0.25) is 0 Å². The minimum Gasteiger partial charge on any atom is -0.468 e. The lowest BCUT2D eigenvalue weighted by Crippen LogP contribution is -2.52. The van der Waals surface area contributed by atoms with E-state index in [4.69, 9.17) is 4.74 Å². The Balaban J connectivity index is 1.84. The minimum absolute atomic E-state index is 0.209. The molecule has 5 nitrogen and oxygen atoms in total. The van der Waals surface area contributed by atoms with Crippen LogP contribution in [0.15, 0.2) is 18.2 Å². The minimum atomic E-state index is -0.377. The van der Waals surface area contributed by atoms with Crippen LogP contribution in [0.25, 0.3) is 0 Å². The van der Waals surface area contributed by atoms with Gasteiger partial charge >= 0.3 is 5.97 Å². The van der Waals surface area contributed by atoms with Gasteiger partial charge in [0.05, 0.1) is 12.8 Å². The third-order valence-electron chi connectivity index (χ3n) is 4.60. The van der Waals surface area contributed by atoms with E-state index in [0.29, 0.717) is 6.04 Å². The van der Waals surface area contributed by atoms with Crippen molar-refractivity contribution in [3.63, 3.8) is 0 Å². The predicted molar refractivity (Wildman–Crippen MR) is 79.9 cm³/mol. The average molecular weight is 289 g/mol. The van der Waals surface area contributed by atoms with Crippen molar-refractivity contribution in [3.8, 4) is 0 Å². The second-order valence-corrected chi connectivity index (χ2v) is 5.96. The number of aromatic nitrogens is 1. The van der Waals surface area contributed by atoms with E-state index in [-0.39, 0.29) is 12.0 Å². The third-order valence-corrected chi connectivity index (χ3v) is 4.60. The van der Waals surface area contributed by atoms with Crippen LogP contribution < -0.4 is 0 Å². The quantitative estimate of drug-likeness (QED) is 0.787. The summed E-state index contributed by atoms with van der Waals surface area (Å²) in [5.41, 5.74) is 1.73. The Morgan fingerprint density at radius 2 is 2.24 bits per heavy atom. The van der Waals surface area contributed by atoms with Crippen molar-refractivity contribution >= 4 is 5.97 Å². The summed E-state index contributed by atoms with van der Waals surface area (Å²) in [7, 11) is 1.46. The van der Waals surface area contributed by atoms with Gasteiger partial charge < -0.3 is 4.74 Å². The summed E-state index contributed by atoms with van der Waals surface area (Å²) < 4.78 is 5.04. The van der Waals surface area contributed by atoms with Crippen LogP contribution in [0.5, 0.6) is 0 Å². The molecule has 0 aromatic carbocycles. The van der Waals surface area contributed by atoms with Gasteiger partial charge in [-0.1, -0.05) is 6.07 Å². The smallest absolute Gasteiger partial charge is 0.329 e. The summed E-state index contributed by atoms with van der Waals surface area (Å²) >= 11 is 0. The van der Waals surface area contributed by atoms with Gasteiger partial charge in [-0.25, -0.2) is 4.79 Å². The van der Waals surface area contributed by atoms with E-state index < -0.39 is 0 Å². The second kappa shape index (κ2) is 6.12. The zero-order valence-electron chi connectivity index (χ0n) is 12.8. The molecule has 5 heteroatoms. The molecule has 2 aliphatic rings. The van der Waals surface area contributed by atoms with E-state index in [0.717, 1.165) is 31.0 Å². The number of methoxy groups -OCH3 is 1. The standard InChI is InChI=1S/C16H23N3O2/c1-12-5-3-7-14(17-12)15(16(20)21-2)19-10-9-18-8-4-6-13(18)11-19/h3,5,7,13,15H,4,6,8-11H2,1-2H3/t13-,15?/m1/s1. The molecular weight excluding hydrogens is 266 g/mol. The van der Waals surface area contributed by atoms with Gasteiger partial charge in [0.15, 0.2) is 6.04 Å². The highest BCUT2D eigenvalue weighted by atomic mass is 16.5. The highest BCUT2D eigenvalue weighted by Crippen LogP contribution is 2.28. The zero-order chi connectivity index (χ0) is 14.8. The number of hydrogen-bond acceptors (Lipinski definition) is 5. The fourth-order valence-corrected chi connectivity index (χ4v) is 3.53. The lowest BCUT2D eigenvalue weighted by Gasteiger charge is -2.40. The van der Waals surface area contributed by atoms with Crippen molar-refractivity contribution in [1.29, 1.82) is 0 Å². The van der Waals surface area contributed by atoms with E-state index in [9.17, 15) is 4.79 Å². The summed E-state index contributed by atoms with van der Waals surface area (Å²) in [4.78, 5) is 21.6. The van der Waals surface area contributed by atoms with Gasteiger partial charge in [-0.15, -0.1) is 0 Å². The first-order valence-electron chi connectivity index (χ1n) is 7.68. The Morgan fingerprint density at radius 1 is 1.38 bits per heavy atom. The number of hydrogen-bond donors (Lipinski definition) is 0. The first-order valence-corrected chi connectivity index (χ1v) is 7.68. The first-order chi connectivity index (χ1) is 10.2. The second-order valence-electron chi connectivity index (χ2n) is 5.96. The molecule has 3 heterocycles. The summed E-state index contributed by atoms with van der Waals surface area (Å²) in [5, 5.41) is 0. The largest absolute Gasteiger partial charge is 0.468 e. The molecule has 0 saturated carbocycles. The molecule has 2 atom stereocenters. The van der Waals surface area contributed by atoms with Gasteiger partial charge in [0.25, 0.3) is 0 Å². The number of aryl methyl sites for hydroxylation is 1. The van der Waals surface area contributed by atoms with Gasteiger partial charge in [0.2, 0.25) is 0 Å². The van der Waals surface area contributed by atoms with Crippen molar-refractivity contribution in [2.24, 2.45) is 0 Å². The number of piperazine rings is 1. The van der Waals surface area contributed by atoms with Crippen molar-refractivity contribution in [1.82, 2.24) is 14.8 Å². The average Bonchev–Trinajstić information content (AvgIpc) is 2.95. The normalized spacial score (nSPS) is 24.6. The van der Waals surface area contributed by atoms with Crippen LogP contribution in [0.3, 0.4) is 0 Å². The Kier molecular flexibility index (Phi) is 4.22. The molecule has 1 aromatic rings. The fourth-order valence-electron chi connectivity index (χ4n) is 3.53. The maximum atomic E-state index is 12.3. The highest BCUT2D eigenvalue weighted by Gasteiger charge is 2.37. The Hall–Kier alpha value is -1.46. The van der Waals surface area contributed by atoms with Crippen LogP contribution in [-0.4, -0.2) is 60.1 Å². The molecule has 2 aliphatic heterocycles. The fraction of sp³-hybridized carbons (Fsp3) is 0.625. The summed E-state index contributed by atoms with van der Waals surface area (Å²) in [6.45, 7) is 6.00. The van der Waals surface area contributed by atoms with E-state index in [1.165, 1.54) is 26.5 Å². The van der Waals surface area contributed by atoms with Crippen molar-refractivity contribution in [3.05, 3.63) is 29.6 Å². The molecule has 1 aromatic heterocycles. The Bertz CT molecular complexity index is 520. The summed E-state index contributed by atoms with van der Waals surface area (Å²) in [6, 6.07) is 6.04. The van der Waals surface area contributed by atoms with E-state index in [2.05, 4.69) is 14.8 Å². The lowest BCUT2D eigenvalue weighted by atomic mass is 10.1. The highest BCUT2D eigenvalue weighted by molar-refractivity contribution is 5.77. The molecule has 0 N–H and O–H groups in total. The van der Waals surface area contributed by atoms with Crippen LogP contribution in [0.4, 0.5) is 0 Å². The van der Waals surface area contributed by atoms with Gasteiger partial charge in [0, 0.05) is 31.4 Å². The molecule has 21 heavy (non-hydrogen) atoms. The lowest BCUT2D eigenvalue weighted by molar-refractivity contribution is -0.148. The Labute approximate surface area is 125 Å². The third kappa shape index (κ3) is 2.94. The molecule has 2 fully saturated rings. The first kappa shape index (κ1) is 14.5. The van der Waals surface area contributed by atoms with Crippen molar-refractivity contribution in [2.45, 2.75) is 31.8 Å². The maximum absolute atomic E-state index is 12.3. The summed E-state index contributed by atoms with van der Waals surface area (Å²) in [6.07, 6.45) is 2.50. The number of carbonyl (C=O) groups is 1. The van der Waals surface area contributed by atoms with Gasteiger partial charge in [-0.3, -0.25) is 14.8 Å². The summed E-state index contributed by atoms with van der Waals surface area (Å²) in [5.74, 6) is -0.209. The number of carbonyl (C=O) groups excluding carboxylic acids is 1. The van der Waals surface area contributed by atoms with Crippen LogP contribution in [-0.2, 0) is 9.53 Å². The SMILES string of the molecule is COC(=O)C(c1cccc(C)n1)N1CCN2CCC[C@@H]2C1. The number of ether oxygens (including phenoxy) is 1. The zero-order valence-corrected chi connectivity index (χ0v) is 12.8. The molecule has 0 amide bonds. The predicted octanol–water partition coefficient (Wildman–Crippen LogP) is 1.38. The topological polar surface area (TPSA) is 45.7 Å². The molecule has 114 valence electrons. The number of rotatable bonds is 3. The van der Waals surface area contributed by atoms with Crippen LogP contribution in [0.1, 0.15) is 30.3 Å². The monoisotopic (exact) mass is 289 g/mol. The van der Waals surface area contributed by atoms with Gasteiger partial charge in [0.1, 0.15) is 0 Å². The molecule has 0 radical (unpaired) electrons. The number of fused-ring (bicyclic) bond motifs is 1. The maximum Gasteiger partial charge on any atom is 0.329 e. The number of nitrogens with zero attached hydrogens (tertiary/aromatic N) is 3. The molecular formula is C16H23N3O2. The number of pyridine rings is 1. The molecule has 3 rings (SSSR count). The Morgan fingerprint density at radius 3 is 3.00 bits per heavy atom. The number of esters is 1. The van der Waals surface area contributed by atoms with E-state index in [1.807, 2.05) is 25.1 Å². The van der Waals surface area contributed by atoms with Crippen LogP contribution in [0, 0.1) is 6.92 Å². The van der Waals surface area contributed by atoms with Crippen molar-refractivity contribution < 1.29 is 9.53 Å². The molecule has 1 unspecified atom stereocenters. The van der Waals surface area contributed by atoms with Gasteiger partial charge in [-0.2, -0.15) is 0 Å².